The van der Waals surface area contributed by atoms with Gasteiger partial charge in [-0.15, -0.1) is 0 Å². The normalized spacial score (nSPS) is 11.1. The highest BCUT2D eigenvalue weighted by atomic mass is 16.5. The number of aryl methyl sites for hydroxylation is 2. The number of nitrogens with zero attached hydrogens (tertiary/aromatic N) is 5. The Morgan fingerprint density at radius 1 is 0.921 bits per heavy atom. The summed E-state index contributed by atoms with van der Waals surface area (Å²) in [5.41, 5.74) is 7.51. The predicted molar refractivity (Wildman–Crippen MR) is 151 cm³/mol. The molecule has 0 aliphatic heterocycles. The molecule has 1 N–H and O–H groups in total. The van der Waals surface area contributed by atoms with Crippen molar-refractivity contribution in [2.45, 2.75) is 26.9 Å². The zero-order valence-corrected chi connectivity index (χ0v) is 22.1. The van der Waals surface area contributed by atoms with Gasteiger partial charge in [-0.05, 0) is 80.5 Å². The van der Waals surface area contributed by atoms with Crippen LogP contribution in [0.25, 0.3) is 11.0 Å². The van der Waals surface area contributed by atoms with Crippen molar-refractivity contribution in [3.05, 3.63) is 107 Å². The van der Waals surface area contributed by atoms with E-state index < -0.39 is 0 Å². The predicted octanol–water partition coefficient (Wildman–Crippen LogP) is 6.57. The minimum absolute atomic E-state index is 0.425. The smallest absolute Gasteiger partial charge is 0.249 e. The molecule has 0 saturated heterocycles. The van der Waals surface area contributed by atoms with Gasteiger partial charge in [0.15, 0.2) is 0 Å². The molecule has 7 heteroatoms. The van der Waals surface area contributed by atoms with E-state index in [1.807, 2.05) is 42.6 Å². The summed E-state index contributed by atoms with van der Waals surface area (Å²) in [6, 6.07) is 26.0. The Labute approximate surface area is 223 Å². The van der Waals surface area contributed by atoms with Gasteiger partial charge in [-0.1, -0.05) is 42.5 Å². The van der Waals surface area contributed by atoms with Crippen LogP contribution in [0.3, 0.4) is 0 Å². The monoisotopic (exact) mass is 502 g/mol. The van der Waals surface area contributed by atoms with Crippen molar-refractivity contribution < 1.29 is 4.74 Å². The van der Waals surface area contributed by atoms with E-state index in [1.54, 1.807) is 12.1 Å². The van der Waals surface area contributed by atoms with E-state index in [0.29, 0.717) is 23.9 Å². The van der Waals surface area contributed by atoms with Crippen LogP contribution in [0.4, 0.5) is 11.6 Å². The first-order valence-corrected chi connectivity index (χ1v) is 12.5. The first-order valence-electron chi connectivity index (χ1n) is 12.5. The Hall–Kier alpha value is -4.67. The second-order valence-electron chi connectivity index (χ2n) is 9.73. The third kappa shape index (κ3) is 5.51. The molecule has 38 heavy (non-hydrogen) atoms. The van der Waals surface area contributed by atoms with E-state index in [9.17, 15) is 0 Å². The Morgan fingerprint density at radius 3 is 2.29 bits per heavy atom. The third-order valence-electron chi connectivity index (χ3n) is 6.26. The van der Waals surface area contributed by atoms with E-state index in [2.05, 4.69) is 73.1 Å². The van der Waals surface area contributed by atoms with Crippen LogP contribution in [0.2, 0.25) is 0 Å². The van der Waals surface area contributed by atoms with Gasteiger partial charge in [0.1, 0.15) is 11.3 Å². The van der Waals surface area contributed by atoms with Crippen LogP contribution < -0.4 is 10.1 Å². The molecule has 0 spiro atoms. The van der Waals surface area contributed by atoms with E-state index in [-0.39, 0.29) is 0 Å². The van der Waals surface area contributed by atoms with Crippen LogP contribution in [-0.4, -0.2) is 33.5 Å². The fourth-order valence-corrected chi connectivity index (χ4v) is 4.62. The topological polar surface area (TPSA) is 79.0 Å². The number of benzene rings is 3. The molecule has 0 atom stereocenters. The molecular formula is C31H30N6O. The average molecular weight is 503 g/mol. The van der Waals surface area contributed by atoms with Gasteiger partial charge in [-0.25, -0.2) is 4.98 Å². The highest BCUT2D eigenvalue weighted by Crippen LogP contribution is 2.34. The number of rotatable bonds is 8. The molecule has 0 unspecified atom stereocenters. The van der Waals surface area contributed by atoms with Crippen molar-refractivity contribution in [1.82, 2.24) is 19.4 Å². The van der Waals surface area contributed by atoms with Crippen molar-refractivity contribution >= 4 is 22.7 Å². The maximum Gasteiger partial charge on any atom is 0.249 e. The molecule has 5 rings (SSSR count). The van der Waals surface area contributed by atoms with Gasteiger partial charge in [0.25, 0.3) is 0 Å². The summed E-state index contributed by atoms with van der Waals surface area (Å²) in [7, 11) is 4.13. The van der Waals surface area contributed by atoms with E-state index in [4.69, 9.17) is 20.0 Å². The zero-order chi connectivity index (χ0) is 26.6. The van der Waals surface area contributed by atoms with Gasteiger partial charge in [-0.3, -0.25) is 0 Å². The lowest BCUT2D eigenvalue weighted by molar-refractivity contribution is 0.401. The lowest BCUT2D eigenvalue weighted by atomic mass is 10.1. The van der Waals surface area contributed by atoms with Crippen LogP contribution in [0.1, 0.15) is 27.8 Å². The summed E-state index contributed by atoms with van der Waals surface area (Å²) in [4.78, 5) is 11.8. The maximum absolute atomic E-state index is 9.11. The number of nitrogens with one attached hydrogen (secondary N) is 1. The molecule has 7 nitrogen and oxygen atoms in total. The Morgan fingerprint density at radius 2 is 1.63 bits per heavy atom. The largest absolute Gasteiger partial charge is 0.436 e. The van der Waals surface area contributed by atoms with Crippen LogP contribution >= 0.6 is 0 Å². The molecule has 3 aromatic carbocycles. The number of fused-ring (bicyclic) bond motifs is 1. The van der Waals surface area contributed by atoms with Gasteiger partial charge in [0.2, 0.25) is 11.8 Å². The maximum atomic E-state index is 9.11. The summed E-state index contributed by atoms with van der Waals surface area (Å²) in [6.07, 6.45) is 2.02. The van der Waals surface area contributed by atoms with Crippen molar-refractivity contribution in [1.29, 1.82) is 5.26 Å². The van der Waals surface area contributed by atoms with Crippen molar-refractivity contribution in [3.8, 4) is 17.7 Å². The number of aromatic nitrogens is 3. The standard InChI is InChI=1S/C31H30N6O/c1-21-16-25(19-36(3)4)17-22(2)29(21)38-30-28-27(14-15-37(28)20-24-8-6-5-7-9-24)34-31(35-30)33-26-12-10-23(18-32)11-13-26/h5-17H,19-20H2,1-4H3,(H,33,34,35). The first-order chi connectivity index (χ1) is 18.4. The molecular weight excluding hydrogens is 472 g/mol. The van der Waals surface area contributed by atoms with Gasteiger partial charge in [0.05, 0.1) is 17.1 Å². The van der Waals surface area contributed by atoms with Crippen molar-refractivity contribution in [2.75, 3.05) is 19.4 Å². The summed E-state index contributed by atoms with van der Waals surface area (Å²) in [6.45, 7) is 5.67. The van der Waals surface area contributed by atoms with E-state index in [1.165, 1.54) is 11.1 Å². The number of ether oxygens (including phenoxy) is 1. The average Bonchev–Trinajstić information content (AvgIpc) is 3.29. The molecule has 2 aromatic heterocycles. The number of nitriles is 1. The molecule has 190 valence electrons. The fraction of sp³-hybridized carbons (Fsp3) is 0.194. The van der Waals surface area contributed by atoms with Crippen molar-refractivity contribution in [3.63, 3.8) is 0 Å². The molecule has 2 heterocycles. The highest BCUT2D eigenvalue weighted by Gasteiger charge is 2.18. The summed E-state index contributed by atoms with van der Waals surface area (Å²) < 4.78 is 8.72. The second-order valence-corrected chi connectivity index (χ2v) is 9.73. The van der Waals surface area contributed by atoms with Crippen LogP contribution in [0.5, 0.6) is 11.6 Å². The van der Waals surface area contributed by atoms with Crippen LogP contribution in [0.15, 0.2) is 79.0 Å². The lowest BCUT2D eigenvalue weighted by Crippen LogP contribution is -2.11. The molecule has 0 aliphatic rings. The zero-order valence-electron chi connectivity index (χ0n) is 22.1. The summed E-state index contributed by atoms with van der Waals surface area (Å²) in [5.74, 6) is 1.71. The molecule has 0 amide bonds. The Bertz CT molecular complexity index is 1590. The third-order valence-corrected chi connectivity index (χ3v) is 6.26. The molecule has 0 bridgehead atoms. The van der Waals surface area contributed by atoms with Gasteiger partial charge in [0, 0.05) is 25.0 Å². The van der Waals surface area contributed by atoms with E-state index >= 15 is 0 Å². The highest BCUT2D eigenvalue weighted by molar-refractivity contribution is 5.83. The van der Waals surface area contributed by atoms with Crippen LogP contribution in [-0.2, 0) is 13.1 Å². The number of hydrogen-bond donors (Lipinski definition) is 1. The first kappa shape index (κ1) is 25.0. The lowest BCUT2D eigenvalue weighted by Gasteiger charge is -2.17. The summed E-state index contributed by atoms with van der Waals surface area (Å²) in [5, 5.41) is 12.4. The number of hydrogen-bond acceptors (Lipinski definition) is 6. The fourth-order valence-electron chi connectivity index (χ4n) is 4.62. The molecule has 0 saturated carbocycles. The molecule has 0 fully saturated rings. The Balaban J connectivity index is 1.57. The minimum Gasteiger partial charge on any atom is -0.436 e. The quantitative estimate of drug-likeness (QED) is 0.259. The SMILES string of the molecule is Cc1cc(CN(C)C)cc(C)c1Oc1nc(Nc2ccc(C#N)cc2)nc2ccn(Cc3ccccc3)c12. The molecule has 5 aromatic rings. The van der Waals surface area contributed by atoms with Crippen molar-refractivity contribution in [2.24, 2.45) is 0 Å². The van der Waals surface area contributed by atoms with Gasteiger partial charge in [-0.2, -0.15) is 10.2 Å². The number of anilines is 2. The molecule has 0 radical (unpaired) electrons. The van der Waals surface area contributed by atoms with Gasteiger partial charge >= 0.3 is 0 Å². The van der Waals surface area contributed by atoms with E-state index in [0.717, 1.165) is 40.1 Å². The Kier molecular flexibility index (Phi) is 7.07. The summed E-state index contributed by atoms with van der Waals surface area (Å²) >= 11 is 0. The minimum atomic E-state index is 0.425. The van der Waals surface area contributed by atoms with Crippen LogP contribution in [0, 0.1) is 25.2 Å². The molecule has 0 aliphatic carbocycles. The van der Waals surface area contributed by atoms with Gasteiger partial charge < -0.3 is 19.5 Å². The second kappa shape index (κ2) is 10.8.